The third kappa shape index (κ3) is 5.14. The zero-order valence-corrected chi connectivity index (χ0v) is 19.1. The third-order valence-corrected chi connectivity index (χ3v) is 6.40. The second-order valence-electron chi connectivity index (χ2n) is 10.0. The van der Waals surface area contributed by atoms with Gasteiger partial charge in [-0.1, -0.05) is 25.9 Å². The summed E-state index contributed by atoms with van der Waals surface area (Å²) in [6.45, 7) is 9.77. The van der Waals surface area contributed by atoms with Crippen molar-refractivity contribution in [1.29, 1.82) is 0 Å². The van der Waals surface area contributed by atoms with E-state index in [0.717, 1.165) is 73.6 Å². The summed E-state index contributed by atoms with van der Waals surface area (Å²) < 4.78 is 11.0. The minimum Gasteiger partial charge on any atom is -0.368 e. The van der Waals surface area contributed by atoms with Gasteiger partial charge in [-0.15, -0.1) is 0 Å². The summed E-state index contributed by atoms with van der Waals surface area (Å²) in [7, 11) is 0. The molecule has 168 valence electrons. The number of ether oxygens (including phenoxy) is 1. The van der Waals surface area contributed by atoms with E-state index in [0.29, 0.717) is 18.4 Å². The maximum absolute atomic E-state index is 12.2. The lowest BCUT2D eigenvalue weighted by atomic mass is 9.79. The molecule has 7 heteroatoms. The van der Waals surface area contributed by atoms with E-state index in [1.807, 2.05) is 19.2 Å². The number of nitrogens with zero attached hydrogens (tertiary/aromatic N) is 3. The largest absolute Gasteiger partial charge is 0.368 e. The lowest BCUT2D eigenvalue weighted by Gasteiger charge is -2.30. The summed E-state index contributed by atoms with van der Waals surface area (Å²) in [5.74, 6) is 2.50. The number of hydrogen-bond donors (Lipinski definition) is 1. The van der Waals surface area contributed by atoms with Crippen LogP contribution in [0.2, 0.25) is 0 Å². The zero-order valence-electron chi connectivity index (χ0n) is 19.1. The number of amides is 1. The van der Waals surface area contributed by atoms with Crippen LogP contribution in [0, 0.1) is 12.8 Å². The minimum atomic E-state index is -0.249. The number of rotatable bonds is 5. The molecule has 1 unspecified atom stereocenters. The highest BCUT2D eigenvalue weighted by atomic mass is 16.5. The molecule has 4 rings (SSSR count). The number of carbonyl (C=O) groups is 1. The normalized spacial score (nSPS) is 24.3. The first-order valence-corrected chi connectivity index (χ1v) is 11.5. The Balaban J connectivity index is 1.44. The maximum Gasteiger partial charge on any atom is 0.249 e. The predicted molar refractivity (Wildman–Crippen MR) is 118 cm³/mol. The van der Waals surface area contributed by atoms with Crippen LogP contribution >= 0.6 is 0 Å². The fraction of sp³-hybridized carbons (Fsp3) is 0.667. The number of aromatic nitrogens is 3. The van der Waals surface area contributed by atoms with E-state index in [-0.39, 0.29) is 17.4 Å². The van der Waals surface area contributed by atoms with E-state index < -0.39 is 0 Å². The SMILES string of the molecule is Cc1cc(-c2cnc(C(C)(C)C)nc2C2CCC(CNC(=O)C3CCCO3)CC2)on1. The zero-order chi connectivity index (χ0) is 22.0. The van der Waals surface area contributed by atoms with E-state index in [9.17, 15) is 4.79 Å². The molecule has 1 atom stereocenters. The van der Waals surface area contributed by atoms with Gasteiger partial charge < -0.3 is 14.6 Å². The molecule has 1 amide bonds. The van der Waals surface area contributed by atoms with Gasteiger partial charge in [-0.05, 0) is 51.4 Å². The third-order valence-electron chi connectivity index (χ3n) is 6.40. The molecule has 0 bridgehead atoms. The fourth-order valence-corrected chi connectivity index (χ4v) is 4.53. The van der Waals surface area contributed by atoms with Gasteiger partial charge in [0.2, 0.25) is 5.91 Å². The highest BCUT2D eigenvalue weighted by molar-refractivity contribution is 5.80. The first kappa shape index (κ1) is 21.9. The van der Waals surface area contributed by atoms with Gasteiger partial charge in [0, 0.05) is 36.7 Å². The predicted octanol–water partition coefficient (Wildman–Crippen LogP) is 4.31. The summed E-state index contributed by atoms with van der Waals surface area (Å²) in [6.07, 6.45) is 7.69. The molecule has 1 saturated carbocycles. The van der Waals surface area contributed by atoms with Crippen molar-refractivity contribution in [3.05, 3.63) is 29.5 Å². The first-order chi connectivity index (χ1) is 14.8. The van der Waals surface area contributed by atoms with Crippen molar-refractivity contribution in [2.24, 2.45) is 5.92 Å². The monoisotopic (exact) mass is 426 g/mol. The van der Waals surface area contributed by atoms with Crippen LogP contribution in [0.1, 0.15) is 82.4 Å². The molecular formula is C24H34N4O3. The molecule has 1 aliphatic carbocycles. The van der Waals surface area contributed by atoms with Crippen molar-refractivity contribution in [1.82, 2.24) is 20.4 Å². The van der Waals surface area contributed by atoms with Gasteiger partial charge in [-0.25, -0.2) is 9.97 Å². The highest BCUT2D eigenvalue weighted by Crippen LogP contribution is 2.39. The maximum atomic E-state index is 12.2. The van der Waals surface area contributed by atoms with E-state index in [1.165, 1.54) is 0 Å². The molecular weight excluding hydrogens is 392 g/mol. The summed E-state index contributed by atoms with van der Waals surface area (Å²) in [5, 5.41) is 7.16. The van der Waals surface area contributed by atoms with Crippen molar-refractivity contribution in [3.63, 3.8) is 0 Å². The number of carbonyl (C=O) groups excluding carboxylic acids is 1. The fourth-order valence-electron chi connectivity index (χ4n) is 4.53. The van der Waals surface area contributed by atoms with Crippen LogP contribution < -0.4 is 5.32 Å². The highest BCUT2D eigenvalue weighted by Gasteiger charge is 2.30. The van der Waals surface area contributed by atoms with Gasteiger partial charge in [0.05, 0.1) is 17.0 Å². The average molecular weight is 427 g/mol. The molecule has 0 aromatic carbocycles. The lowest BCUT2D eigenvalue weighted by molar-refractivity contribution is -0.130. The number of hydrogen-bond acceptors (Lipinski definition) is 6. The van der Waals surface area contributed by atoms with Gasteiger partial charge in [0.15, 0.2) is 5.76 Å². The van der Waals surface area contributed by atoms with Crippen molar-refractivity contribution in [2.45, 2.75) is 83.7 Å². The van der Waals surface area contributed by atoms with Gasteiger partial charge in [0.25, 0.3) is 0 Å². The summed E-state index contributed by atoms with van der Waals surface area (Å²) in [5.41, 5.74) is 2.75. The molecule has 2 aromatic rings. The molecule has 1 aliphatic heterocycles. The Labute approximate surface area is 184 Å². The minimum absolute atomic E-state index is 0.0493. The van der Waals surface area contributed by atoms with E-state index in [1.54, 1.807) is 0 Å². The molecule has 1 saturated heterocycles. The molecule has 7 nitrogen and oxygen atoms in total. The van der Waals surface area contributed by atoms with Crippen molar-refractivity contribution in [2.75, 3.05) is 13.2 Å². The topological polar surface area (TPSA) is 90.1 Å². The van der Waals surface area contributed by atoms with Crippen LogP contribution in [-0.4, -0.2) is 40.3 Å². The Bertz CT molecular complexity index is 904. The lowest BCUT2D eigenvalue weighted by Crippen LogP contribution is -2.37. The standard InChI is InChI=1S/C24H34N4O3/c1-15-12-20(31-28-15)18-14-26-23(24(2,3)4)27-21(18)17-9-7-16(8-10-17)13-25-22(29)19-6-5-11-30-19/h12,14,16-17,19H,5-11,13H2,1-4H3,(H,25,29). The Hall–Kier alpha value is -2.28. The number of nitrogens with one attached hydrogen (secondary N) is 1. The molecule has 0 radical (unpaired) electrons. The van der Waals surface area contributed by atoms with Crippen LogP contribution in [0.3, 0.4) is 0 Å². The molecule has 2 aromatic heterocycles. The van der Waals surface area contributed by atoms with Crippen molar-refractivity contribution >= 4 is 5.91 Å². The van der Waals surface area contributed by atoms with E-state index >= 15 is 0 Å². The Morgan fingerprint density at radius 1 is 1.19 bits per heavy atom. The summed E-state index contributed by atoms with van der Waals surface area (Å²) in [6, 6.07) is 1.95. The summed E-state index contributed by atoms with van der Waals surface area (Å²) in [4.78, 5) is 21.9. The summed E-state index contributed by atoms with van der Waals surface area (Å²) >= 11 is 0. The Morgan fingerprint density at radius 2 is 1.97 bits per heavy atom. The number of aryl methyl sites for hydroxylation is 1. The van der Waals surface area contributed by atoms with Gasteiger partial charge in [-0.2, -0.15) is 0 Å². The van der Waals surface area contributed by atoms with Crippen molar-refractivity contribution in [3.8, 4) is 11.3 Å². The van der Waals surface area contributed by atoms with Gasteiger partial charge >= 0.3 is 0 Å². The first-order valence-electron chi connectivity index (χ1n) is 11.5. The second-order valence-corrected chi connectivity index (χ2v) is 10.0. The van der Waals surface area contributed by atoms with Crippen LogP contribution in [-0.2, 0) is 14.9 Å². The quantitative estimate of drug-likeness (QED) is 0.766. The Kier molecular flexibility index (Phi) is 6.42. The molecule has 1 N–H and O–H groups in total. The van der Waals surface area contributed by atoms with Crippen LogP contribution in [0.15, 0.2) is 16.8 Å². The van der Waals surface area contributed by atoms with Crippen LogP contribution in [0.5, 0.6) is 0 Å². The molecule has 2 aliphatic rings. The van der Waals surface area contributed by atoms with Crippen LogP contribution in [0.4, 0.5) is 0 Å². The van der Waals surface area contributed by atoms with Gasteiger partial charge in [-0.3, -0.25) is 4.79 Å². The molecule has 2 fully saturated rings. The molecule has 0 spiro atoms. The smallest absolute Gasteiger partial charge is 0.249 e. The molecule has 31 heavy (non-hydrogen) atoms. The van der Waals surface area contributed by atoms with E-state index in [2.05, 4.69) is 36.2 Å². The Morgan fingerprint density at radius 3 is 2.58 bits per heavy atom. The van der Waals surface area contributed by atoms with E-state index in [4.69, 9.17) is 14.2 Å². The molecule has 3 heterocycles. The van der Waals surface area contributed by atoms with Crippen LogP contribution in [0.25, 0.3) is 11.3 Å². The van der Waals surface area contributed by atoms with Gasteiger partial charge in [0.1, 0.15) is 11.9 Å². The average Bonchev–Trinajstić information content (AvgIpc) is 3.43. The second kappa shape index (κ2) is 9.07. The van der Waals surface area contributed by atoms with Crippen molar-refractivity contribution < 1.29 is 14.1 Å².